The zero-order chi connectivity index (χ0) is 15.9. The summed E-state index contributed by atoms with van der Waals surface area (Å²) in [6, 6.07) is 7.81. The first-order valence-corrected chi connectivity index (χ1v) is 8.50. The van der Waals surface area contributed by atoms with Crippen molar-refractivity contribution in [3.63, 3.8) is 0 Å². The van der Waals surface area contributed by atoms with Gasteiger partial charge in [-0.2, -0.15) is 0 Å². The SMILES string of the molecule is CN(C)C(=O)CSc1nc2sc3ccccc3c2c(=O)n1C. The zero-order valence-electron chi connectivity index (χ0n) is 12.5. The van der Waals surface area contributed by atoms with Gasteiger partial charge in [-0.25, -0.2) is 4.98 Å². The van der Waals surface area contributed by atoms with Gasteiger partial charge in [0.2, 0.25) is 5.91 Å². The van der Waals surface area contributed by atoms with E-state index >= 15 is 0 Å². The van der Waals surface area contributed by atoms with Crippen LogP contribution in [0.25, 0.3) is 20.3 Å². The van der Waals surface area contributed by atoms with Crippen molar-refractivity contribution in [3.8, 4) is 0 Å². The lowest BCUT2D eigenvalue weighted by atomic mass is 10.2. The van der Waals surface area contributed by atoms with Crippen molar-refractivity contribution in [2.24, 2.45) is 7.05 Å². The first-order valence-electron chi connectivity index (χ1n) is 6.70. The van der Waals surface area contributed by atoms with E-state index < -0.39 is 0 Å². The Morgan fingerprint density at radius 1 is 1.36 bits per heavy atom. The molecule has 0 fully saturated rings. The van der Waals surface area contributed by atoms with E-state index in [9.17, 15) is 9.59 Å². The Balaban J connectivity index is 2.10. The highest BCUT2D eigenvalue weighted by Crippen LogP contribution is 2.31. The molecule has 0 saturated heterocycles. The van der Waals surface area contributed by atoms with Gasteiger partial charge in [0.05, 0.1) is 11.1 Å². The van der Waals surface area contributed by atoms with Gasteiger partial charge in [-0.1, -0.05) is 30.0 Å². The normalized spacial score (nSPS) is 11.2. The summed E-state index contributed by atoms with van der Waals surface area (Å²) in [5.74, 6) is 0.264. The number of thioether (sulfide) groups is 1. The molecule has 0 bridgehead atoms. The van der Waals surface area contributed by atoms with Crippen molar-refractivity contribution < 1.29 is 4.79 Å². The van der Waals surface area contributed by atoms with Crippen LogP contribution in [-0.2, 0) is 11.8 Å². The van der Waals surface area contributed by atoms with Crippen molar-refractivity contribution in [1.29, 1.82) is 0 Å². The van der Waals surface area contributed by atoms with Gasteiger partial charge in [0.25, 0.3) is 5.56 Å². The first-order chi connectivity index (χ1) is 10.5. The molecule has 0 aliphatic carbocycles. The minimum atomic E-state index is -0.0674. The number of hydrogen-bond acceptors (Lipinski definition) is 5. The number of amides is 1. The van der Waals surface area contributed by atoms with E-state index in [1.54, 1.807) is 21.1 Å². The summed E-state index contributed by atoms with van der Waals surface area (Å²) >= 11 is 2.80. The molecule has 3 aromatic rings. The predicted molar refractivity (Wildman–Crippen MR) is 91.8 cm³/mol. The fourth-order valence-corrected chi connectivity index (χ4v) is 4.19. The third kappa shape index (κ3) is 2.50. The number of thiophene rings is 1. The summed E-state index contributed by atoms with van der Waals surface area (Å²) in [5, 5.41) is 2.17. The first kappa shape index (κ1) is 15.1. The van der Waals surface area contributed by atoms with Crippen LogP contribution in [0.4, 0.5) is 0 Å². The van der Waals surface area contributed by atoms with Crippen LogP contribution in [0.2, 0.25) is 0 Å². The van der Waals surface area contributed by atoms with Gasteiger partial charge >= 0.3 is 0 Å². The standard InChI is InChI=1S/C15H15N3O2S2/c1-17(2)11(19)8-21-15-16-13-12(14(20)18(15)3)9-6-4-5-7-10(9)22-13/h4-7H,8H2,1-3H3. The van der Waals surface area contributed by atoms with Gasteiger partial charge in [0, 0.05) is 31.2 Å². The average Bonchev–Trinajstić information content (AvgIpc) is 2.87. The minimum Gasteiger partial charge on any atom is -0.348 e. The molecule has 2 aromatic heterocycles. The molecule has 22 heavy (non-hydrogen) atoms. The van der Waals surface area contributed by atoms with Gasteiger partial charge < -0.3 is 4.90 Å². The summed E-state index contributed by atoms with van der Waals surface area (Å²) in [5.41, 5.74) is -0.0674. The van der Waals surface area contributed by atoms with Crippen LogP contribution in [0.3, 0.4) is 0 Å². The molecule has 114 valence electrons. The fourth-order valence-electron chi connectivity index (χ4n) is 2.12. The molecule has 0 aliphatic heterocycles. The Labute approximate surface area is 135 Å². The fraction of sp³-hybridized carbons (Fsp3) is 0.267. The minimum absolute atomic E-state index is 0.00399. The van der Waals surface area contributed by atoms with E-state index in [1.165, 1.54) is 32.6 Å². The maximum atomic E-state index is 12.6. The summed E-state index contributed by atoms with van der Waals surface area (Å²) in [6.45, 7) is 0. The van der Waals surface area contributed by atoms with Crippen LogP contribution < -0.4 is 5.56 Å². The molecule has 0 radical (unpaired) electrons. The van der Waals surface area contributed by atoms with Gasteiger partial charge in [-0.05, 0) is 6.07 Å². The number of nitrogens with zero attached hydrogens (tertiary/aromatic N) is 3. The third-order valence-corrected chi connectivity index (χ3v) is 5.48. The molecule has 7 heteroatoms. The Hall–Kier alpha value is -1.86. The van der Waals surface area contributed by atoms with E-state index in [0.717, 1.165) is 14.9 Å². The number of benzene rings is 1. The van der Waals surface area contributed by atoms with Crippen LogP contribution in [-0.4, -0.2) is 40.2 Å². The molecule has 0 spiro atoms. The Morgan fingerprint density at radius 2 is 2.09 bits per heavy atom. The quantitative estimate of drug-likeness (QED) is 0.545. The monoisotopic (exact) mass is 333 g/mol. The molecule has 2 heterocycles. The molecule has 0 unspecified atom stereocenters. The number of aromatic nitrogens is 2. The van der Waals surface area contributed by atoms with Crippen molar-refractivity contribution >= 4 is 49.3 Å². The lowest BCUT2D eigenvalue weighted by Crippen LogP contribution is -2.25. The summed E-state index contributed by atoms with van der Waals surface area (Å²) in [4.78, 5) is 31.2. The van der Waals surface area contributed by atoms with E-state index in [0.29, 0.717) is 10.5 Å². The Bertz CT molecular complexity index is 928. The van der Waals surface area contributed by atoms with Crippen LogP contribution in [0, 0.1) is 0 Å². The van der Waals surface area contributed by atoms with E-state index in [2.05, 4.69) is 4.98 Å². The molecule has 5 nitrogen and oxygen atoms in total. The number of hydrogen-bond donors (Lipinski definition) is 0. The average molecular weight is 333 g/mol. The van der Waals surface area contributed by atoms with Gasteiger partial charge in [-0.15, -0.1) is 11.3 Å². The second-order valence-electron chi connectivity index (χ2n) is 5.11. The lowest BCUT2D eigenvalue weighted by molar-refractivity contribution is -0.125. The van der Waals surface area contributed by atoms with Crippen LogP contribution in [0.1, 0.15) is 0 Å². The molecule has 0 atom stereocenters. The molecule has 0 N–H and O–H groups in total. The smallest absolute Gasteiger partial charge is 0.263 e. The van der Waals surface area contributed by atoms with E-state index in [-0.39, 0.29) is 17.2 Å². The number of fused-ring (bicyclic) bond motifs is 3. The van der Waals surface area contributed by atoms with Crippen LogP contribution in [0.5, 0.6) is 0 Å². The number of rotatable bonds is 3. The molecular weight excluding hydrogens is 318 g/mol. The molecule has 1 aromatic carbocycles. The highest BCUT2D eigenvalue weighted by Gasteiger charge is 2.15. The largest absolute Gasteiger partial charge is 0.348 e. The Morgan fingerprint density at radius 3 is 2.82 bits per heavy atom. The molecule has 0 saturated carbocycles. The molecule has 0 aliphatic rings. The summed E-state index contributed by atoms with van der Waals surface area (Å²) in [6.07, 6.45) is 0. The molecule has 3 rings (SSSR count). The highest BCUT2D eigenvalue weighted by atomic mass is 32.2. The second kappa shape index (κ2) is 5.73. The maximum absolute atomic E-state index is 12.6. The van der Waals surface area contributed by atoms with E-state index in [4.69, 9.17) is 0 Å². The van der Waals surface area contributed by atoms with Crippen LogP contribution in [0.15, 0.2) is 34.2 Å². The molecular formula is C15H15N3O2S2. The van der Waals surface area contributed by atoms with Gasteiger partial charge in [-0.3, -0.25) is 14.2 Å². The second-order valence-corrected chi connectivity index (χ2v) is 7.09. The topological polar surface area (TPSA) is 55.2 Å². The van der Waals surface area contributed by atoms with Crippen molar-refractivity contribution in [3.05, 3.63) is 34.6 Å². The number of carbonyl (C=O) groups excluding carboxylic acids is 1. The van der Waals surface area contributed by atoms with Gasteiger partial charge in [0.15, 0.2) is 5.16 Å². The van der Waals surface area contributed by atoms with Gasteiger partial charge in [0.1, 0.15) is 4.83 Å². The zero-order valence-corrected chi connectivity index (χ0v) is 14.1. The van der Waals surface area contributed by atoms with Crippen molar-refractivity contribution in [2.45, 2.75) is 5.16 Å². The lowest BCUT2D eigenvalue weighted by Gasteiger charge is -2.10. The summed E-state index contributed by atoms with van der Waals surface area (Å²) < 4.78 is 2.57. The van der Waals surface area contributed by atoms with Crippen LogP contribution >= 0.6 is 23.1 Å². The molecule has 1 amide bonds. The number of carbonyl (C=O) groups is 1. The maximum Gasteiger partial charge on any atom is 0.263 e. The Kier molecular flexibility index (Phi) is 3.92. The van der Waals surface area contributed by atoms with Crippen molar-refractivity contribution in [2.75, 3.05) is 19.8 Å². The van der Waals surface area contributed by atoms with E-state index in [1.807, 2.05) is 24.3 Å². The predicted octanol–water partition coefficient (Wildman–Crippen LogP) is 2.33. The summed E-state index contributed by atoms with van der Waals surface area (Å²) in [7, 11) is 5.12. The third-order valence-electron chi connectivity index (χ3n) is 3.40. The van der Waals surface area contributed by atoms with Crippen molar-refractivity contribution in [1.82, 2.24) is 14.5 Å². The highest BCUT2D eigenvalue weighted by molar-refractivity contribution is 7.99.